The summed E-state index contributed by atoms with van der Waals surface area (Å²) >= 11 is 5.60. The highest BCUT2D eigenvalue weighted by Crippen LogP contribution is 2.12. The van der Waals surface area contributed by atoms with E-state index >= 15 is 0 Å². The molecule has 4 heteroatoms. The molecule has 0 spiro atoms. The lowest BCUT2D eigenvalue weighted by Gasteiger charge is -2.00. The number of aromatic nitrogens is 1. The predicted molar refractivity (Wildman–Crippen MR) is 42.0 cm³/mol. The summed E-state index contributed by atoms with van der Waals surface area (Å²) < 4.78 is 27.5. The van der Waals surface area contributed by atoms with Gasteiger partial charge in [-0.1, -0.05) is 11.6 Å². The third-order valence-corrected chi connectivity index (χ3v) is 1.37. The van der Waals surface area contributed by atoms with Gasteiger partial charge < -0.3 is 5.32 Å². The SMILES string of the molecule is [2H]C([2H])(NC)c1cc(F)cnc1Cl. The van der Waals surface area contributed by atoms with Crippen molar-refractivity contribution < 1.29 is 7.13 Å². The van der Waals surface area contributed by atoms with Gasteiger partial charge in [0.2, 0.25) is 0 Å². The monoisotopic (exact) mass is 176 g/mol. The third-order valence-electron chi connectivity index (χ3n) is 1.07. The average molecular weight is 177 g/mol. The van der Waals surface area contributed by atoms with Crippen LogP contribution in [-0.2, 0) is 6.50 Å². The van der Waals surface area contributed by atoms with Gasteiger partial charge in [-0.15, -0.1) is 0 Å². The van der Waals surface area contributed by atoms with Gasteiger partial charge in [0.25, 0.3) is 0 Å². The molecule has 0 radical (unpaired) electrons. The molecular weight excluding hydrogens is 167 g/mol. The molecule has 0 bridgehead atoms. The Balaban J connectivity index is 3.20. The molecule has 1 N–H and O–H groups in total. The zero-order valence-corrected chi connectivity index (χ0v) is 6.61. The van der Waals surface area contributed by atoms with Crippen LogP contribution >= 0.6 is 11.6 Å². The first-order valence-electron chi connectivity index (χ1n) is 3.98. The second kappa shape index (κ2) is 3.64. The molecule has 2 nitrogen and oxygen atoms in total. The van der Waals surface area contributed by atoms with E-state index < -0.39 is 12.3 Å². The number of nitrogens with one attached hydrogen (secondary N) is 1. The fourth-order valence-electron chi connectivity index (χ4n) is 0.645. The van der Waals surface area contributed by atoms with Gasteiger partial charge >= 0.3 is 0 Å². The molecule has 0 fully saturated rings. The molecule has 0 saturated heterocycles. The summed E-state index contributed by atoms with van der Waals surface area (Å²) in [6.45, 7) is -1.87. The molecular formula is C7H8ClFN2. The second-order valence-corrected chi connectivity index (χ2v) is 2.22. The van der Waals surface area contributed by atoms with Crippen molar-refractivity contribution in [2.24, 2.45) is 0 Å². The molecule has 1 rings (SSSR count). The first-order valence-corrected chi connectivity index (χ1v) is 3.35. The molecule has 0 aliphatic carbocycles. The van der Waals surface area contributed by atoms with Crippen LogP contribution in [0.5, 0.6) is 0 Å². The highest BCUT2D eigenvalue weighted by molar-refractivity contribution is 6.30. The number of hydrogen-bond acceptors (Lipinski definition) is 2. The average Bonchev–Trinajstić information content (AvgIpc) is 2.09. The zero-order valence-electron chi connectivity index (χ0n) is 7.86. The fourth-order valence-corrected chi connectivity index (χ4v) is 0.796. The van der Waals surface area contributed by atoms with Crippen LogP contribution in [0.3, 0.4) is 0 Å². The van der Waals surface area contributed by atoms with Crippen molar-refractivity contribution in [3.05, 3.63) is 28.8 Å². The molecule has 0 saturated carbocycles. The summed E-state index contributed by atoms with van der Waals surface area (Å²) in [4.78, 5) is 3.50. The largest absolute Gasteiger partial charge is 0.316 e. The van der Waals surface area contributed by atoms with Crippen LogP contribution in [0.1, 0.15) is 8.30 Å². The summed E-state index contributed by atoms with van der Waals surface area (Å²) in [5.41, 5.74) is -0.00309. The highest BCUT2D eigenvalue weighted by Gasteiger charge is 2.01. The molecule has 0 atom stereocenters. The van der Waals surface area contributed by atoms with Crippen LogP contribution in [0.4, 0.5) is 4.39 Å². The molecule has 0 amide bonds. The third kappa shape index (κ3) is 2.13. The summed E-state index contributed by atoms with van der Waals surface area (Å²) in [6.07, 6.45) is 0.942. The van der Waals surface area contributed by atoms with E-state index in [0.29, 0.717) is 0 Å². The van der Waals surface area contributed by atoms with Gasteiger partial charge in [-0.2, -0.15) is 0 Å². The molecule has 0 aromatic carbocycles. The topological polar surface area (TPSA) is 24.9 Å². The van der Waals surface area contributed by atoms with Gasteiger partial charge in [-0.3, -0.25) is 0 Å². The van der Waals surface area contributed by atoms with Crippen LogP contribution in [0.2, 0.25) is 5.15 Å². The van der Waals surface area contributed by atoms with Crippen molar-refractivity contribution in [2.75, 3.05) is 7.05 Å². The molecule has 0 unspecified atom stereocenters. The Morgan fingerprint density at radius 2 is 2.64 bits per heavy atom. The second-order valence-electron chi connectivity index (χ2n) is 1.87. The van der Waals surface area contributed by atoms with Crippen molar-refractivity contribution >= 4 is 11.6 Å². The summed E-state index contributed by atoms with van der Waals surface area (Å²) in [7, 11) is 1.42. The van der Waals surface area contributed by atoms with Gasteiger partial charge in [0.15, 0.2) is 0 Å². The summed E-state index contributed by atoms with van der Waals surface area (Å²) in [5, 5.41) is 2.33. The summed E-state index contributed by atoms with van der Waals surface area (Å²) in [5.74, 6) is -0.612. The van der Waals surface area contributed by atoms with E-state index in [9.17, 15) is 4.39 Å². The number of halogens is 2. The van der Waals surface area contributed by atoms with E-state index in [1.54, 1.807) is 0 Å². The normalized spacial score (nSPS) is 14.1. The minimum atomic E-state index is -1.87. The van der Waals surface area contributed by atoms with Crippen molar-refractivity contribution in [3.8, 4) is 0 Å². The smallest absolute Gasteiger partial charge is 0.141 e. The van der Waals surface area contributed by atoms with E-state index in [0.717, 1.165) is 12.3 Å². The lowest BCUT2D eigenvalue weighted by molar-refractivity contribution is 0.616. The molecule has 0 aliphatic rings. The van der Waals surface area contributed by atoms with E-state index in [-0.39, 0.29) is 10.7 Å². The Kier molecular flexibility index (Phi) is 1.96. The summed E-state index contributed by atoms with van der Waals surface area (Å²) in [6, 6.07) is 1.02. The van der Waals surface area contributed by atoms with E-state index in [4.69, 9.17) is 14.3 Å². The maximum absolute atomic E-state index is 12.7. The molecule has 11 heavy (non-hydrogen) atoms. The Hall–Kier alpha value is -0.670. The maximum atomic E-state index is 12.7. The number of rotatable bonds is 2. The minimum absolute atomic E-state index is 0.00309. The van der Waals surface area contributed by atoms with Crippen molar-refractivity contribution in [1.82, 2.24) is 10.3 Å². The van der Waals surface area contributed by atoms with Crippen molar-refractivity contribution in [1.29, 1.82) is 0 Å². The lowest BCUT2D eigenvalue weighted by Crippen LogP contribution is -2.06. The lowest BCUT2D eigenvalue weighted by atomic mass is 10.3. The van der Waals surface area contributed by atoms with Gasteiger partial charge in [-0.25, -0.2) is 9.37 Å². The number of nitrogens with zero attached hydrogens (tertiary/aromatic N) is 1. The van der Waals surface area contributed by atoms with E-state index in [1.165, 1.54) is 7.05 Å². The van der Waals surface area contributed by atoms with Gasteiger partial charge in [0, 0.05) is 14.8 Å². The molecule has 1 aromatic rings. The quantitative estimate of drug-likeness (QED) is 0.693. The van der Waals surface area contributed by atoms with Crippen LogP contribution < -0.4 is 5.32 Å². The molecule has 1 heterocycles. The van der Waals surface area contributed by atoms with Crippen LogP contribution in [0, 0.1) is 5.82 Å². The molecule has 0 aliphatic heterocycles. The Morgan fingerprint density at radius 1 is 1.91 bits per heavy atom. The minimum Gasteiger partial charge on any atom is -0.316 e. The van der Waals surface area contributed by atoms with E-state index in [1.807, 2.05) is 0 Å². The standard InChI is InChI=1S/C7H8ClFN2/c1-10-3-5-2-6(9)4-11-7(5)8/h2,4,10H,3H2,1H3/i3D2. The zero-order chi connectivity index (χ0) is 10.1. The van der Waals surface area contributed by atoms with Crippen LogP contribution in [0.25, 0.3) is 0 Å². The fraction of sp³-hybridized carbons (Fsp3) is 0.286. The number of hydrogen-bond donors (Lipinski definition) is 1. The van der Waals surface area contributed by atoms with E-state index in [2.05, 4.69) is 10.3 Å². The Labute approximate surface area is 72.2 Å². The molecule has 60 valence electrons. The van der Waals surface area contributed by atoms with Gasteiger partial charge in [-0.05, 0) is 13.1 Å². The maximum Gasteiger partial charge on any atom is 0.141 e. The predicted octanol–water partition coefficient (Wildman–Crippen LogP) is 1.59. The van der Waals surface area contributed by atoms with Crippen molar-refractivity contribution in [2.45, 2.75) is 6.50 Å². The van der Waals surface area contributed by atoms with Gasteiger partial charge in [0.1, 0.15) is 11.0 Å². The highest BCUT2D eigenvalue weighted by atomic mass is 35.5. The number of pyridine rings is 1. The van der Waals surface area contributed by atoms with Crippen molar-refractivity contribution in [3.63, 3.8) is 0 Å². The van der Waals surface area contributed by atoms with Crippen LogP contribution in [-0.4, -0.2) is 12.0 Å². The first kappa shape index (κ1) is 5.91. The Morgan fingerprint density at radius 3 is 3.27 bits per heavy atom. The molecule has 1 aromatic heterocycles. The van der Waals surface area contributed by atoms with Crippen LogP contribution in [0.15, 0.2) is 12.3 Å². The Bertz CT molecular complexity index is 319. The van der Waals surface area contributed by atoms with Gasteiger partial charge in [0.05, 0.1) is 6.20 Å². The first-order chi connectivity index (χ1) is 5.97.